The average Bonchev–Trinajstić information content (AvgIpc) is 1.82. The lowest BCUT2D eigenvalue weighted by molar-refractivity contribution is -0.123. The van der Waals surface area contributed by atoms with Crippen LogP contribution in [0.4, 0.5) is 0 Å². The Morgan fingerprint density at radius 3 is 2.27 bits per heavy atom. The van der Waals surface area contributed by atoms with Crippen molar-refractivity contribution >= 4 is 22.8 Å². The molecule has 64 valence electrons. The lowest BCUT2D eigenvalue weighted by Crippen LogP contribution is -2.30. The summed E-state index contributed by atoms with van der Waals surface area (Å²) < 4.78 is 0. The molecular weight excluding hydrogens is 166 g/mol. The number of nitrogens with one attached hydrogen (secondary N) is 1. The third-order valence-corrected chi connectivity index (χ3v) is 1.19. The number of halogens is 1. The van der Waals surface area contributed by atoms with Gasteiger partial charge in [-0.25, -0.2) is 0 Å². The fourth-order valence-corrected chi connectivity index (χ4v) is 0.700. The lowest BCUT2D eigenvalue weighted by Gasteiger charge is -2.06. The van der Waals surface area contributed by atoms with Crippen LogP contribution in [-0.4, -0.2) is 17.2 Å². The molecule has 0 aliphatic rings. The topological polar surface area (TPSA) is 46.2 Å². The van der Waals surface area contributed by atoms with Gasteiger partial charge in [-0.2, -0.15) is 0 Å². The van der Waals surface area contributed by atoms with Gasteiger partial charge in [0.1, 0.15) is 0 Å². The van der Waals surface area contributed by atoms with Crippen molar-refractivity contribution in [3.8, 4) is 0 Å². The van der Waals surface area contributed by atoms with E-state index in [-0.39, 0.29) is 24.8 Å². The summed E-state index contributed by atoms with van der Waals surface area (Å²) in [7, 11) is 0. The molecule has 0 heterocycles. The van der Waals surface area contributed by atoms with Crippen molar-refractivity contribution in [2.45, 2.75) is 32.7 Å². The Hall–Kier alpha value is -0.570. The fourth-order valence-electron chi connectivity index (χ4n) is 0.606. The highest BCUT2D eigenvalue weighted by Crippen LogP contribution is 1.94. The summed E-state index contributed by atoms with van der Waals surface area (Å²) in [6.45, 7) is 3.72. The second-order valence-electron chi connectivity index (χ2n) is 2.58. The zero-order valence-electron chi connectivity index (χ0n) is 6.69. The third kappa shape index (κ3) is 7.33. The fraction of sp³-hybridized carbons (Fsp3) is 0.714. The Labute approximate surface area is 71.1 Å². The Morgan fingerprint density at radius 2 is 1.91 bits per heavy atom. The van der Waals surface area contributed by atoms with Gasteiger partial charge >= 0.3 is 0 Å². The SMILES string of the molecule is CC(C)NC(=O)CCC(=O)Cl. The molecule has 0 radical (unpaired) electrons. The summed E-state index contributed by atoms with van der Waals surface area (Å²) in [5.41, 5.74) is 0. The first-order valence-corrected chi connectivity index (χ1v) is 3.88. The highest BCUT2D eigenvalue weighted by atomic mass is 35.5. The van der Waals surface area contributed by atoms with Crippen molar-refractivity contribution in [3.63, 3.8) is 0 Å². The van der Waals surface area contributed by atoms with Crippen molar-refractivity contribution in [2.75, 3.05) is 0 Å². The Morgan fingerprint density at radius 1 is 1.36 bits per heavy atom. The van der Waals surface area contributed by atoms with E-state index < -0.39 is 5.24 Å². The number of amides is 1. The van der Waals surface area contributed by atoms with E-state index in [1.54, 1.807) is 0 Å². The second-order valence-corrected chi connectivity index (χ2v) is 3.00. The molecular formula is C7H12ClNO2. The molecule has 3 nitrogen and oxygen atoms in total. The smallest absolute Gasteiger partial charge is 0.222 e. The van der Waals surface area contributed by atoms with Crippen molar-refractivity contribution in [1.29, 1.82) is 0 Å². The van der Waals surface area contributed by atoms with E-state index >= 15 is 0 Å². The minimum atomic E-state index is -0.469. The highest BCUT2D eigenvalue weighted by molar-refractivity contribution is 6.63. The van der Waals surface area contributed by atoms with Gasteiger partial charge in [-0.1, -0.05) is 0 Å². The van der Waals surface area contributed by atoms with E-state index in [1.807, 2.05) is 13.8 Å². The second kappa shape index (κ2) is 5.13. The van der Waals surface area contributed by atoms with Gasteiger partial charge in [-0.15, -0.1) is 0 Å². The molecule has 1 amide bonds. The molecule has 11 heavy (non-hydrogen) atoms. The molecule has 0 aromatic heterocycles. The van der Waals surface area contributed by atoms with Gasteiger partial charge in [-0.05, 0) is 25.4 Å². The molecule has 0 aliphatic carbocycles. The first kappa shape index (κ1) is 10.4. The number of carbonyl (C=O) groups is 2. The lowest BCUT2D eigenvalue weighted by atomic mass is 10.3. The van der Waals surface area contributed by atoms with Gasteiger partial charge in [0, 0.05) is 18.9 Å². The summed E-state index contributed by atoms with van der Waals surface area (Å²) in [6, 6.07) is 0.118. The molecule has 0 unspecified atom stereocenters. The van der Waals surface area contributed by atoms with Crippen LogP contribution in [0.15, 0.2) is 0 Å². The number of hydrogen-bond donors (Lipinski definition) is 1. The first-order valence-electron chi connectivity index (χ1n) is 3.50. The Balaban J connectivity index is 3.45. The molecule has 0 saturated heterocycles. The van der Waals surface area contributed by atoms with Crippen LogP contribution in [0.2, 0.25) is 0 Å². The van der Waals surface area contributed by atoms with Crippen LogP contribution >= 0.6 is 11.6 Å². The zero-order chi connectivity index (χ0) is 8.85. The minimum Gasteiger partial charge on any atom is -0.354 e. The number of carbonyl (C=O) groups excluding carboxylic acids is 2. The highest BCUT2D eigenvalue weighted by Gasteiger charge is 2.04. The van der Waals surface area contributed by atoms with Crippen molar-refractivity contribution in [1.82, 2.24) is 5.32 Å². The van der Waals surface area contributed by atoms with E-state index in [1.165, 1.54) is 0 Å². The van der Waals surface area contributed by atoms with E-state index in [0.717, 1.165) is 0 Å². The molecule has 0 spiro atoms. The summed E-state index contributed by atoms with van der Waals surface area (Å²) in [6.07, 6.45) is 0.292. The molecule has 4 heteroatoms. The third-order valence-electron chi connectivity index (χ3n) is 0.998. The average molecular weight is 178 g/mol. The zero-order valence-corrected chi connectivity index (χ0v) is 7.44. The van der Waals surface area contributed by atoms with Gasteiger partial charge in [0.15, 0.2) is 0 Å². The molecule has 1 N–H and O–H groups in total. The van der Waals surface area contributed by atoms with Crippen LogP contribution in [-0.2, 0) is 9.59 Å². The van der Waals surface area contributed by atoms with Crippen molar-refractivity contribution in [2.24, 2.45) is 0 Å². The van der Waals surface area contributed by atoms with Crippen LogP contribution in [0.3, 0.4) is 0 Å². The minimum absolute atomic E-state index is 0.111. The van der Waals surface area contributed by atoms with E-state index in [0.29, 0.717) is 0 Å². The van der Waals surface area contributed by atoms with Crippen molar-refractivity contribution < 1.29 is 9.59 Å². The predicted molar refractivity (Wildman–Crippen MR) is 43.4 cm³/mol. The first-order chi connectivity index (χ1) is 5.02. The Bertz CT molecular complexity index is 157. The van der Waals surface area contributed by atoms with Crippen molar-refractivity contribution in [3.05, 3.63) is 0 Å². The van der Waals surface area contributed by atoms with Crippen LogP contribution in [0.25, 0.3) is 0 Å². The molecule has 0 aromatic rings. The van der Waals surface area contributed by atoms with Crippen LogP contribution in [0.5, 0.6) is 0 Å². The van der Waals surface area contributed by atoms with E-state index in [9.17, 15) is 9.59 Å². The van der Waals surface area contributed by atoms with Gasteiger partial charge in [0.25, 0.3) is 0 Å². The van der Waals surface area contributed by atoms with Gasteiger partial charge < -0.3 is 5.32 Å². The van der Waals surface area contributed by atoms with Gasteiger partial charge in [-0.3, -0.25) is 9.59 Å². The number of hydrogen-bond acceptors (Lipinski definition) is 2. The standard InChI is InChI=1S/C7H12ClNO2/c1-5(2)9-7(11)4-3-6(8)10/h5H,3-4H2,1-2H3,(H,9,11). The van der Waals surface area contributed by atoms with Gasteiger partial charge in [0.05, 0.1) is 0 Å². The molecule has 0 aromatic carbocycles. The molecule has 0 aliphatic heterocycles. The largest absolute Gasteiger partial charge is 0.354 e. The van der Waals surface area contributed by atoms with E-state index in [2.05, 4.69) is 5.32 Å². The maximum Gasteiger partial charge on any atom is 0.222 e. The van der Waals surface area contributed by atoms with Crippen LogP contribution < -0.4 is 5.32 Å². The molecule has 0 rings (SSSR count). The maximum atomic E-state index is 10.8. The summed E-state index contributed by atoms with van der Waals surface area (Å²) in [5, 5.41) is 2.18. The normalized spacial score (nSPS) is 9.82. The summed E-state index contributed by atoms with van der Waals surface area (Å²) in [5.74, 6) is -0.131. The van der Waals surface area contributed by atoms with Crippen LogP contribution in [0.1, 0.15) is 26.7 Å². The predicted octanol–water partition coefficient (Wildman–Crippen LogP) is 1.06. The molecule has 0 bridgehead atoms. The Kier molecular flexibility index (Phi) is 4.86. The molecule has 0 fully saturated rings. The summed E-state index contributed by atoms with van der Waals surface area (Å²) in [4.78, 5) is 21.1. The van der Waals surface area contributed by atoms with Crippen LogP contribution in [0, 0.1) is 0 Å². The molecule has 0 saturated carbocycles. The van der Waals surface area contributed by atoms with Gasteiger partial charge in [0.2, 0.25) is 11.1 Å². The maximum absolute atomic E-state index is 10.8. The van der Waals surface area contributed by atoms with E-state index in [4.69, 9.17) is 11.6 Å². The summed E-state index contributed by atoms with van der Waals surface area (Å²) >= 11 is 5.04. The number of rotatable bonds is 4. The monoisotopic (exact) mass is 177 g/mol. The quantitative estimate of drug-likeness (QED) is 0.653. The molecule has 0 atom stereocenters.